The molecule has 13 heavy (non-hydrogen) atoms. The molecule has 2 atom stereocenters. The first kappa shape index (κ1) is 10.9. The molecule has 1 aliphatic rings. The highest BCUT2D eigenvalue weighted by molar-refractivity contribution is 7.99. The Kier molecular flexibility index (Phi) is 4.06. The minimum Gasteiger partial charge on any atom is -0.347 e. The average Bonchev–Trinajstić information content (AvgIpc) is 2.67. The molecule has 4 heteroatoms. The Morgan fingerprint density at radius 1 is 1.69 bits per heavy atom. The van der Waals surface area contributed by atoms with Crippen molar-refractivity contribution in [1.82, 2.24) is 4.90 Å². The number of rotatable bonds is 3. The molecule has 0 saturated carbocycles. The van der Waals surface area contributed by atoms with Gasteiger partial charge in [0.1, 0.15) is 0 Å². The van der Waals surface area contributed by atoms with Crippen LogP contribution < -0.4 is 5.73 Å². The number of quaternary nitrogens is 1. The Hall–Kier alpha value is -0.220. The molecule has 0 aliphatic carbocycles. The van der Waals surface area contributed by atoms with Gasteiger partial charge in [0.15, 0.2) is 6.04 Å². The molecule has 1 saturated heterocycles. The fourth-order valence-corrected chi connectivity index (χ4v) is 2.31. The summed E-state index contributed by atoms with van der Waals surface area (Å²) in [6.07, 6.45) is 1.03. The van der Waals surface area contributed by atoms with Gasteiger partial charge in [0.2, 0.25) is 0 Å². The number of hydrogen-bond acceptors (Lipinski definition) is 2. The summed E-state index contributed by atoms with van der Waals surface area (Å²) in [5.41, 5.74) is 3.95. The van der Waals surface area contributed by atoms with Gasteiger partial charge in [0.05, 0.1) is 5.88 Å². The molecule has 0 aromatic rings. The Bertz CT molecular complexity index is 180. The van der Waals surface area contributed by atoms with Gasteiger partial charge in [0, 0.05) is 18.2 Å². The van der Waals surface area contributed by atoms with E-state index in [-0.39, 0.29) is 11.9 Å². The molecule has 0 aromatic carbocycles. The number of carbonyl (C=O) groups excluding carboxylic acids is 1. The van der Waals surface area contributed by atoms with Gasteiger partial charge in [0.25, 0.3) is 5.91 Å². The molecule has 76 valence electrons. The van der Waals surface area contributed by atoms with E-state index in [4.69, 9.17) is 0 Å². The summed E-state index contributed by atoms with van der Waals surface area (Å²) in [5.74, 6) is 2.58. The predicted molar refractivity (Wildman–Crippen MR) is 55.2 cm³/mol. The molecule has 1 fully saturated rings. The van der Waals surface area contributed by atoms with Crippen molar-refractivity contribution in [1.29, 1.82) is 0 Å². The van der Waals surface area contributed by atoms with E-state index in [1.54, 1.807) is 0 Å². The van der Waals surface area contributed by atoms with Crippen molar-refractivity contribution in [2.24, 2.45) is 5.92 Å². The van der Waals surface area contributed by atoms with Gasteiger partial charge in [-0.25, -0.2) is 0 Å². The fourth-order valence-electron chi connectivity index (χ4n) is 1.35. The van der Waals surface area contributed by atoms with Crippen LogP contribution in [-0.2, 0) is 4.79 Å². The van der Waals surface area contributed by atoms with Crippen LogP contribution in [0.3, 0.4) is 0 Å². The third-order valence-corrected chi connectivity index (χ3v) is 3.68. The number of amides is 1. The molecule has 1 heterocycles. The van der Waals surface area contributed by atoms with Crippen molar-refractivity contribution in [3.05, 3.63) is 0 Å². The maximum Gasteiger partial charge on any atom is 0.281 e. The summed E-state index contributed by atoms with van der Waals surface area (Å²) in [7, 11) is 0. The lowest BCUT2D eigenvalue weighted by molar-refractivity contribution is -0.417. The van der Waals surface area contributed by atoms with E-state index >= 15 is 0 Å². The average molecular weight is 203 g/mol. The SMILES string of the molecule is CCC(C)C([NH3+])C(=O)N1CCSC1. The molecular formula is C9H19N2OS+. The molecular weight excluding hydrogens is 184 g/mol. The Labute approximate surface area is 84.0 Å². The van der Waals surface area contributed by atoms with Crippen LogP contribution in [0.5, 0.6) is 0 Å². The highest BCUT2D eigenvalue weighted by Crippen LogP contribution is 2.16. The van der Waals surface area contributed by atoms with Crippen LogP contribution in [0.2, 0.25) is 0 Å². The normalized spacial score (nSPS) is 21.6. The van der Waals surface area contributed by atoms with E-state index < -0.39 is 0 Å². The van der Waals surface area contributed by atoms with E-state index in [0.29, 0.717) is 5.92 Å². The van der Waals surface area contributed by atoms with E-state index in [0.717, 1.165) is 24.6 Å². The topological polar surface area (TPSA) is 48.0 Å². The fraction of sp³-hybridized carbons (Fsp3) is 0.889. The zero-order chi connectivity index (χ0) is 9.84. The van der Waals surface area contributed by atoms with Gasteiger partial charge in [-0.1, -0.05) is 13.8 Å². The summed E-state index contributed by atoms with van der Waals surface area (Å²) in [6.45, 7) is 5.11. The second kappa shape index (κ2) is 4.86. The Morgan fingerprint density at radius 3 is 2.85 bits per heavy atom. The predicted octanol–water partition coefficient (Wildman–Crippen LogP) is 0.176. The summed E-state index contributed by atoms with van der Waals surface area (Å²) >= 11 is 1.82. The highest BCUT2D eigenvalue weighted by atomic mass is 32.2. The minimum atomic E-state index is -0.0521. The lowest BCUT2D eigenvalue weighted by Crippen LogP contribution is -2.70. The zero-order valence-corrected chi connectivity index (χ0v) is 9.27. The number of thioether (sulfide) groups is 1. The maximum absolute atomic E-state index is 11.8. The molecule has 1 aliphatic heterocycles. The van der Waals surface area contributed by atoms with Crippen molar-refractivity contribution in [2.45, 2.75) is 26.3 Å². The molecule has 1 amide bonds. The lowest BCUT2D eigenvalue weighted by Gasteiger charge is -2.20. The van der Waals surface area contributed by atoms with Crippen molar-refractivity contribution in [3.8, 4) is 0 Å². The molecule has 3 nitrogen and oxygen atoms in total. The van der Waals surface area contributed by atoms with Crippen LogP contribution in [0.1, 0.15) is 20.3 Å². The lowest BCUT2D eigenvalue weighted by atomic mass is 9.99. The van der Waals surface area contributed by atoms with Crippen LogP contribution in [-0.4, -0.2) is 35.0 Å². The molecule has 0 spiro atoms. The van der Waals surface area contributed by atoms with Gasteiger partial charge in [-0.15, -0.1) is 11.8 Å². The van der Waals surface area contributed by atoms with Crippen molar-refractivity contribution < 1.29 is 10.5 Å². The molecule has 0 bridgehead atoms. The summed E-state index contributed by atoms with van der Waals surface area (Å²) in [5, 5.41) is 0. The van der Waals surface area contributed by atoms with Gasteiger partial charge in [-0.3, -0.25) is 4.79 Å². The van der Waals surface area contributed by atoms with E-state index in [2.05, 4.69) is 19.6 Å². The van der Waals surface area contributed by atoms with E-state index in [9.17, 15) is 4.79 Å². The van der Waals surface area contributed by atoms with Crippen molar-refractivity contribution >= 4 is 17.7 Å². The summed E-state index contributed by atoms with van der Waals surface area (Å²) < 4.78 is 0. The second-order valence-corrected chi connectivity index (χ2v) is 4.71. The monoisotopic (exact) mass is 203 g/mol. The Balaban J connectivity index is 2.45. The first-order valence-electron chi connectivity index (χ1n) is 4.86. The van der Waals surface area contributed by atoms with Crippen LogP contribution >= 0.6 is 11.8 Å². The molecule has 2 unspecified atom stereocenters. The zero-order valence-electron chi connectivity index (χ0n) is 8.45. The quantitative estimate of drug-likeness (QED) is 0.711. The standard InChI is InChI=1S/C9H18N2OS/c1-3-7(2)8(10)9(12)11-4-5-13-6-11/h7-8H,3-6,10H2,1-2H3/p+1. The van der Waals surface area contributed by atoms with Crippen LogP contribution in [0.15, 0.2) is 0 Å². The third-order valence-electron chi connectivity index (χ3n) is 2.71. The summed E-state index contributed by atoms with van der Waals surface area (Å²) in [4.78, 5) is 13.7. The smallest absolute Gasteiger partial charge is 0.281 e. The maximum atomic E-state index is 11.8. The number of hydrogen-bond donors (Lipinski definition) is 1. The third kappa shape index (κ3) is 2.61. The molecule has 1 rings (SSSR count). The van der Waals surface area contributed by atoms with Gasteiger partial charge >= 0.3 is 0 Å². The van der Waals surface area contributed by atoms with Gasteiger partial charge in [-0.05, 0) is 6.42 Å². The van der Waals surface area contributed by atoms with Crippen LogP contribution in [0.25, 0.3) is 0 Å². The van der Waals surface area contributed by atoms with Gasteiger partial charge in [-0.2, -0.15) is 0 Å². The van der Waals surface area contributed by atoms with E-state index in [1.807, 2.05) is 16.7 Å². The first-order valence-corrected chi connectivity index (χ1v) is 6.02. The Morgan fingerprint density at radius 2 is 2.38 bits per heavy atom. The first-order chi connectivity index (χ1) is 6.16. The number of carbonyl (C=O) groups is 1. The van der Waals surface area contributed by atoms with Gasteiger partial charge < -0.3 is 10.6 Å². The minimum absolute atomic E-state index is 0.0521. The molecule has 3 N–H and O–H groups in total. The highest BCUT2D eigenvalue weighted by Gasteiger charge is 2.29. The van der Waals surface area contributed by atoms with Crippen LogP contribution in [0.4, 0.5) is 0 Å². The number of nitrogens with zero attached hydrogens (tertiary/aromatic N) is 1. The van der Waals surface area contributed by atoms with E-state index in [1.165, 1.54) is 0 Å². The molecule has 0 aromatic heterocycles. The second-order valence-electron chi connectivity index (χ2n) is 3.63. The largest absolute Gasteiger partial charge is 0.347 e. The van der Waals surface area contributed by atoms with Crippen molar-refractivity contribution in [2.75, 3.05) is 18.2 Å². The summed E-state index contributed by atoms with van der Waals surface area (Å²) in [6, 6.07) is -0.0521. The van der Waals surface area contributed by atoms with Crippen LogP contribution in [0, 0.1) is 5.92 Å². The molecule has 0 radical (unpaired) electrons. The van der Waals surface area contributed by atoms with Crippen molar-refractivity contribution in [3.63, 3.8) is 0 Å².